The third kappa shape index (κ3) is 2.29. The van der Waals surface area contributed by atoms with Gasteiger partial charge in [0.25, 0.3) is 0 Å². The van der Waals surface area contributed by atoms with Gasteiger partial charge in [-0.05, 0) is 43.0 Å². The van der Waals surface area contributed by atoms with Gasteiger partial charge in [-0.15, -0.1) is 0 Å². The Morgan fingerprint density at radius 3 is 2.24 bits per heavy atom. The average Bonchev–Trinajstić information content (AvgIpc) is 2.51. The van der Waals surface area contributed by atoms with Crippen LogP contribution < -0.4 is 0 Å². The summed E-state index contributed by atoms with van der Waals surface area (Å²) in [5.74, 6) is 0. The molecule has 0 unspecified atom stereocenters. The summed E-state index contributed by atoms with van der Waals surface area (Å²) >= 11 is 0. The second-order valence-corrected chi connectivity index (χ2v) is 4.99. The van der Waals surface area contributed by atoms with E-state index in [1.807, 2.05) is 13.8 Å². The Balaban J connectivity index is 0.000000686. The summed E-state index contributed by atoms with van der Waals surface area (Å²) in [6, 6.07) is 4.50. The molecule has 0 saturated carbocycles. The molecule has 0 radical (unpaired) electrons. The van der Waals surface area contributed by atoms with Gasteiger partial charge in [0.1, 0.15) is 0 Å². The van der Waals surface area contributed by atoms with Crippen molar-refractivity contribution in [1.82, 2.24) is 0 Å². The van der Waals surface area contributed by atoms with Crippen molar-refractivity contribution in [2.24, 2.45) is 4.99 Å². The molecule has 0 atom stereocenters. The number of hydrogen-bond acceptors (Lipinski definition) is 1. The highest BCUT2D eigenvalue weighted by atomic mass is 14.8. The Bertz CT molecular complexity index is 439. The van der Waals surface area contributed by atoms with Crippen LogP contribution in [0.5, 0.6) is 0 Å². The van der Waals surface area contributed by atoms with Gasteiger partial charge in [0.2, 0.25) is 0 Å². The van der Waals surface area contributed by atoms with E-state index >= 15 is 0 Å². The van der Waals surface area contributed by atoms with Crippen molar-refractivity contribution >= 4 is 11.4 Å². The smallest absolute Gasteiger partial charge is 0.0675 e. The lowest BCUT2D eigenvalue weighted by Gasteiger charge is -2.23. The lowest BCUT2D eigenvalue weighted by Crippen LogP contribution is -2.24. The summed E-state index contributed by atoms with van der Waals surface area (Å²) in [4.78, 5) is 4.69. The van der Waals surface area contributed by atoms with Gasteiger partial charge in [0.05, 0.1) is 5.69 Å². The number of nitrogens with zero attached hydrogens (tertiary/aromatic N) is 1. The molecule has 1 nitrogen and oxygen atoms in total. The summed E-state index contributed by atoms with van der Waals surface area (Å²) in [6.45, 7) is 15.0. The molecule has 0 aromatic heterocycles. The van der Waals surface area contributed by atoms with Gasteiger partial charge in [-0.1, -0.05) is 40.7 Å². The van der Waals surface area contributed by atoms with Crippen LogP contribution in [0.2, 0.25) is 0 Å². The Labute approximate surface area is 106 Å². The molecule has 1 aliphatic heterocycles. The number of benzene rings is 1. The second-order valence-electron chi connectivity index (χ2n) is 4.99. The van der Waals surface area contributed by atoms with Crippen molar-refractivity contribution in [1.29, 1.82) is 0 Å². The quantitative estimate of drug-likeness (QED) is 0.647. The first-order valence-electron chi connectivity index (χ1n) is 6.66. The van der Waals surface area contributed by atoms with E-state index in [-0.39, 0.29) is 5.41 Å². The first-order chi connectivity index (χ1) is 7.96. The van der Waals surface area contributed by atoms with Gasteiger partial charge in [0, 0.05) is 11.1 Å². The van der Waals surface area contributed by atoms with Crippen molar-refractivity contribution in [2.45, 2.75) is 60.3 Å². The molecule has 0 amide bonds. The van der Waals surface area contributed by atoms with Crippen LogP contribution in [0.1, 0.15) is 58.2 Å². The normalized spacial score (nSPS) is 15.8. The van der Waals surface area contributed by atoms with E-state index in [0.29, 0.717) is 0 Å². The molecule has 0 saturated heterocycles. The van der Waals surface area contributed by atoms with Crippen LogP contribution in [-0.4, -0.2) is 5.71 Å². The van der Waals surface area contributed by atoms with E-state index in [2.05, 4.69) is 46.8 Å². The second kappa shape index (κ2) is 5.03. The molecule has 0 bridgehead atoms. The Morgan fingerprint density at radius 2 is 1.71 bits per heavy atom. The number of rotatable bonds is 1. The topological polar surface area (TPSA) is 12.4 Å². The van der Waals surface area contributed by atoms with Crippen LogP contribution in [0.25, 0.3) is 0 Å². The fourth-order valence-corrected chi connectivity index (χ4v) is 2.43. The molecule has 1 aliphatic rings. The summed E-state index contributed by atoms with van der Waals surface area (Å²) < 4.78 is 0. The molecule has 1 aromatic rings. The molecule has 1 heteroatoms. The van der Waals surface area contributed by atoms with Gasteiger partial charge in [-0.2, -0.15) is 0 Å². The lowest BCUT2D eigenvalue weighted by atomic mass is 9.79. The third-order valence-corrected chi connectivity index (χ3v) is 3.54. The van der Waals surface area contributed by atoms with Crippen LogP contribution >= 0.6 is 0 Å². The molecule has 1 aromatic carbocycles. The van der Waals surface area contributed by atoms with Gasteiger partial charge in [-0.25, -0.2) is 0 Å². The average molecular weight is 231 g/mol. The van der Waals surface area contributed by atoms with E-state index in [1.165, 1.54) is 28.1 Å². The Morgan fingerprint density at radius 1 is 1.12 bits per heavy atom. The van der Waals surface area contributed by atoms with Crippen LogP contribution in [0.15, 0.2) is 17.1 Å². The summed E-state index contributed by atoms with van der Waals surface area (Å²) in [6.07, 6.45) is 1.09. The van der Waals surface area contributed by atoms with Crippen LogP contribution in [0, 0.1) is 6.92 Å². The highest BCUT2D eigenvalue weighted by Gasteiger charge is 2.33. The number of aliphatic imine (C=N–C) groups is 1. The molecule has 17 heavy (non-hydrogen) atoms. The standard InChI is InChI=1S/C14H19N.C2H6/c1-6-11-7-9(2)8-12-13(11)14(4,5)10(3)15-12;1-2/h7-8H,6H2,1-5H3;1-2H3. The SMILES string of the molecule is CC.CCc1cc(C)cc2c1C(C)(C)C(C)=N2. The van der Waals surface area contributed by atoms with Gasteiger partial charge in [-0.3, -0.25) is 4.99 Å². The van der Waals surface area contributed by atoms with Gasteiger partial charge >= 0.3 is 0 Å². The van der Waals surface area contributed by atoms with Crippen LogP contribution in [0.4, 0.5) is 5.69 Å². The maximum absolute atomic E-state index is 4.69. The molecule has 0 spiro atoms. The maximum Gasteiger partial charge on any atom is 0.0675 e. The third-order valence-electron chi connectivity index (χ3n) is 3.54. The van der Waals surface area contributed by atoms with Crippen molar-refractivity contribution < 1.29 is 0 Å². The largest absolute Gasteiger partial charge is 0.257 e. The van der Waals surface area contributed by atoms with Crippen molar-refractivity contribution in [3.8, 4) is 0 Å². The van der Waals surface area contributed by atoms with E-state index in [0.717, 1.165) is 6.42 Å². The molecule has 2 rings (SSSR count). The van der Waals surface area contributed by atoms with Crippen molar-refractivity contribution in [3.63, 3.8) is 0 Å². The summed E-state index contributed by atoms with van der Waals surface area (Å²) in [5, 5.41) is 0. The molecule has 0 aliphatic carbocycles. The van der Waals surface area contributed by atoms with Crippen molar-refractivity contribution in [3.05, 3.63) is 28.8 Å². The van der Waals surface area contributed by atoms with E-state index < -0.39 is 0 Å². The van der Waals surface area contributed by atoms with Crippen LogP contribution in [0.3, 0.4) is 0 Å². The molecule has 0 fully saturated rings. The molecule has 0 N–H and O–H groups in total. The zero-order valence-electron chi connectivity index (χ0n) is 12.3. The first-order valence-corrected chi connectivity index (χ1v) is 6.66. The number of fused-ring (bicyclic) bond motifs is 1. The minimum atomic E-state index is 0.119. The maximum atomic E-state index is 4.69. The number of aryl methyl sites for hydroxylation is 2. The predicted molar refractivity (Wildman–Crippen MR) is 77.7 cm³/mol. The molecule has 1 heterocycles. The fraction of sp³-hybridized carbons (Fsp3) is 0.562. The zero-order valence-corrected chi connectivity index (χ0v) is 12.3. The monoisotopic (exact) mass is 231 g/mol. The molecular weight excluding hydrogens is 206 g/mol. The van der Waals surface area contributed by atoms with Gasteiger partial charge in [0.15, 0.2) is 0 Å². The van der Waals surface area contributed by atoms with E-state index in [1.54, 1.807) is 0 Å². The zero-order chi connectivity index (χ0) is 13.2. The number of hydrogen-bond donors (Lipinski definition) is 0. The highest BCUT2D eigenvalue weighted by molar-refractivity contribution is 6.00. The van der Waals surface area contributed by atoms with E-state index in [9.17, 15) is 0 Å². The van der Waals surface area contributed by atoms with E-state index in [4.69, 9.17) is 4.99 Å². The Hall–Kier alpha value is -1.11. The fourth-order valence-electron chi connectivity index (χ4n) is 2.43. The summed E-state index contributed by atoms with van der Waals surface area (Å²) in [5.41, 5.74) is 6.75. The van der Waals surface area contributed by atoms with Gasteiger partial charge < -0.3 is 0 Å². The summed E-state index contributed by atoms with van der Waals surface area (Å²) in [7, 11) is 0. The minimum absolute atomic E-state index is 0.119. The molecular formula is C16H25N. The minimum Gasteiger partial charge on any atom is -0.257 e. The highest BCUT2D eigenvalue weighted by Crippen LogP contribution is 2.42. The van der Waals surface area contributed by atoms with Crippen molar-refractivity contribution in [2.75, 3.05) is 0 Å². The first kappa shape index (κ1) is 14.0. The Kier molecular flexibility index (Phi) is 4.13. The van der Waals surface area contributed by atoms with Crippen LogP contribution in [-0.2, 0) is 11.8 Å². The molecule has 94 valence electrons. The predicted octanol–water partition coefficient (Wildman–Crippen LogP) is 4.97. The lowest BCUT2D eigenvalue weighted by molar-refractivity contribution is 0.721.